The first-order valence-corrected chi connectivity index (χ1v) is 11.5. The molecule has 0 aliphatic heterocycles. The normalized spacial score (nSPS) is 14.9. The molecule has 1 aliphatic rings. The molecule has 1 aromatic heterocycles. The van der Waals surface area contributed by atoms with Crippen LogP contribution in [0.1, 0.15) is 48.2 Å². The second-order valence-electron chi connectivity index (χ2n) is 9.59. The molecule has 0 atom stereocenters. The van der Waals surface area contributed by atoms with Crippen molar-refractivity contribution >= 4 is 28.6 Å². The molecule has 0 unspecified atom stereocenters. The Morgan fingerprint density at radius 2 is 1.74 bits per heavy atom. The molecule has 4 aromatic rings. The molecule has 1 heterocycles. The zero-order chi connectivity index (χ0) is 24.3. The maximum atomic E-state index is 13.9. The topological polar surface area (TPSA) is 84.5 Å². The Morgan fingerprint density at radius 1 is 1.03 bits per heavy atom. The van der Waals surface area contributed by atoms with E-state index in [9.17, 15) is 19.8 Å². The highest BCUT2D eigenvalue weighted by molar-refractivity contribution is 6.31. The molecular formula is C27H25ClN2O4. The molecule has 0 saturated heterocycles. The number of nitrogens with zero attached hydrogens (tertiary/aromatic N) is 2. The van der Waals surface area contributed by atoms with Crippen LogP contribution in [0.5, 0.6) is 0 Å². The van der Waals surface area contributed by atoms with E-state index in [-0.39, 0.29) is 17.9 Å². The van der Waals surface area contributed by atoms with E-state index in [1.54, 1.807) is 39.5 Å². The summed E-state index contributed by atoms with van der Waals surface area (Å²) in [5.74, 6) is -0.995. The van der Waals surface area contributed by atoms with E-state index >= 15 is 0 Å². The number of imidazole rings is 1. The second kappa shape index (κ2) is 7.86. The summed E-state index contributed by atoms with van der Waals surface area (Å²) in [5, 5.41) is 19.7. The SMILES string of the molecule is CC(C)(CO)c1ccc(-n2c(=O)n(C3(c4cccc(C(=O)O)c4)CC3)c3ccc(Cl)cc32)cc1. The average Bonchev–Trinajstić information content (AvgIpc) is 3.57. The van der Waals surface area contributed by atoms with Crippen molar-refractivity contribution < 1.29 is 15.0 Å². The fourth-order valence-corrected chi connectivity index (χ4v) is 4.85. The zero-order valence-corrected chi connectivity index (χ0v) is 19.7. The molecule has 7 heteroatoms. The van der Waals surface area contributed by atoms with E-state index < -0.39 is 16.9 Å². The van der Waals surface area contributed by atoms with Gasteiger partial charge in [-0.3, -0.25) is 9.13 Å². The first-order valence-electron chi connectivity index (χ1n) is 11.2. The second-order valence-corrected chi connectivity index (χ2v) is 10.0. The van der Waals surface area contributed by atoms with Crippen LogP contribution < -0.4 is 5.69 Å². The molecule has 0 amide bonds. The summed E-state index contributed by atoms with van der Waals surface area (Å²) in [5.41, 5.74) is 2.91. The number of carboxylic acids is 1. The van der Waals surface area contributed by atoms with Crippen LogP contribution in [0.3, 0.4) is 0 Å². The minimum Gasteiger partial charge on any atom is -0.478 e. The van der Waals surface area contributed by atoms with Crippen molar-refractivity contribution in [2.75, 3.05) is 6.61 Å². The quantitative estimate of drug-likeness (QED) is 0.412. The Kier molecular flexibility index (Phi) is 5.19. The van der Waals surface area contributed by atoms with Gasteiger partial charge in [-0.15, -0.1) is 0 Å². The zero-order valence-electron chi connectivity index (χ0n) is 19.0. The highest BCUT2D eigenvalue weighted by Crippen LogP contribution is 2.50. The number of hydrogen-bond donors (Lipinski definition) is 2. The van der Waals surface area contributed by atoms with Gasteiger partial charge in [0, 0.05) is 10.4 Å². The maximum Gasteiger partial charge on any atom is 0.335 e. The number of fused-ring (bicyclic) bond motifs is 1. The molecule has 1 aliphatic carbocycles. The summed E-state index contributed by atoms with van der Waals surface area (Å²) in [6, 6.07) is 19.8. The van der Waals surface area contributed by atoms with Crippen LogP contribution in [0.15, 0.2) is 71.5 Å². The van der Waals surface area contributed by atoms with E-state index in [4.69, 9.17) is 11.6 Å². The van der Waals surface area contributed by atoms with Gasteiger partial charge >= 0.3 is 11.7 Å². The predicted molar refractivity (Wildman–Crippen MR) is 132 cm³/mol. The van der Waals surface area contributed by atoms with Gasteiger partial charge in [-0.2, -0.15) is 0 Å². The van der Waals surface area contributed by atoms with E-state index in [1.807, 2.05) is 50.2 Å². The van der Waals surface area contributed by atoms with Crippen LogP contribution in [0.25, 0.3) is 16.7 Å². The number of carbonyl (C=O) groups is 1. The molecule has 0 radical (unpaired) electrons. The maximum absolute atomic E-state index is 13.9. The van der Waals surface area contributed by atoms with Gasteiger partial charge in [0.15, 0.2) is 0 Å². The number of benzene rings is 3. The van der Waals surface area contributed by atoms with Crippen LogP contribution in [0.2, 0.25) is 5.02 Å². The van der Waals surface area contributed by atoms with Crippen molar-refractivity contribution in [2.45, 2.75) is 37.6 Å². The summed E-state index contributed by atoms with van der Waals surface area (Å²) >= 11 is 6.33. The largest absolute Gasteiger partial charge is 0.478 e. The van der Waals surface area contributed by atoms with Crippen molar-refractivity contribution in [2.24, 2.45) is 0 Å². The Bertz CT molecular complexity index is 1480. The Balaban J connectivity index is 1.72. The lowest BCUT2D eigenvalue weighted by atomic mass is 9.85. The van der Waals surface area contributed by atoms with Gasteiger partial charge in [0.2, 0.25) is 0 Å². The molecule has 1 saturated carbocycles. The lowest BCUT2D eigenvalue weighted by molar-refractivity contribution is 0.0696. The Hall–Kier alpha value is -3.35. The number of halogens is 1. The minimum atomic E-state index is -0.995. The van der Waals surface area contributed by atoms with Gasteiger partial charge in [0.05, 0.1) is 34.4 Å². The van der Waals surface area contributed by atoms with Gasteiger partial charge in [-0.1, -0.05) is 49.7 Å². The number of aliphatic hydroxyl groups is 1. The number of aromatic nitrogens is 2. The van der Waals surface area contributed by atoms with Crippen molar-refractivity contribution in [1.29, 1.82) is 0 Å². The highest BCUT2D eigenvalue weighted by Gasteiger charge is 2.49. The standard InChI is InChI=1S/C27H25ClN2O4/c1-26(2,16-31)18-6-9-21(10-7-18)29-23-15-20(28)8-11-22(23)30(25(29)34)27(12-13-27)19-5-3-4-17(14-19)24(32)33/h3-11,14-15,31H,12-13,16H2,1-2H3,(H,32,33). The fraction of sp³-hybridized carbons (Fsp3) is 0.259. The van der Waals surface area contributed by atoms with Gasteiger partial charge in [0.25, 0.3) is 0 Å². The minimum absolute atomic E-state index is 0.0130. The van der Waals surface area contributed by atoms with Gasteiger partial charge in [-0.25, -0.2) is 9.59 Å². The fourth-order valence-electron chi connectivity index (χ4n) is 4.69. The third-order valence-corrected chi connectivity index (χ3v) is 7.14. The Labute approximate surface area is 201 Å². The molecule has 34 heavy (non-hydrogen) atoms. The lowest BCUT2D eigenvalue weighted by Gasteiger charge is -2.22. The third-order valence-electron chi connectivity index (χ3n) is 6.90. The van der Waals surface area contributed by atoms with Crippen LogP contribution in [-0.4, -0.2) is 31.9 Å². The first-order chi connectivity index (χ1) is 16.2. The smallest absolute Gasteiger partial charge is 0.335 e. The summed E-state index contributed by atoms with van der Waals surface area (Å²) in [7, 11) is 0. The molecule has 1 fully saturated rings. The van der Waals surface area contributed by atoms with E-state index in [0.717, 1.165) is 29.5 Å². The van der Waals surface area contributed by atoms with Crippen molar-refractivity contribution in [1.82, 2.24) is 9.13 Å². The first kappa shape index (κ1) is 22.4. The number of aromatic carboxylic acids is 1. The lowest BCUT2D eigenvalue weighted by Crippen LogP contribution is -2.32. The summed E-state index contributed by atoms with van der Waals surface area (Å²) < 4.78 is 3.43. The summed E-state index contributed by atoms with van der Waals surface area (Å²) in [4.78, 5) is 25.5. The molecular weight excluding hydrogens is 452 g/mol. The third kappa shape index (κ3) is 3.45. The predicted octanol–water partition coefficient (Wildman–Crippen LogP) is 4.95. The molecule has 0 bridgehead atoms. The monoisotopic (exact) mass is 476 g/mol. The number of hydrogen-bond acceptors (Lipinski definition) is 3. The Morgan fingerprint density at radius 3 is 2.35 bits per heavy atom. The number of carboxylic acid groups (broad SMARTS) is 1. The number of rotatable bonds is 6. The molecule has 0 spiro atoms. The van der Waals surface area contributed by atoms with Crippen molar-refractivity contribution in [3.63, 3.8) is 0 Å². The number of aliphatic hydroxyl groups excluding tert-OH is 1. The average molecular weight is 477 g/mol. The van der Waals surface area contributed by atoms with E-state index in [0.29, 0.717) is 16.2 Å². The van der Waals surface area contributed by atoms with Gasteiger partial charge in [0.1, 0.15) is 0 Å². The highest BCUT2D eigenvalue weighted by atomic mass is 35.5. The van der Waals surface area contributed by atoms with Crippen molar-refractivity contribution in [3.8, 4) is 5.69 Å². The molecule has 6 nitrogen and oxygen atoms in total. The van der Waals surface area contributed by atoms with Crippen LogP contribution in [0.4, 0.5) is 0 Å². The molecule has 3 aromatic carbocycles. The molecule has 174 valence electrons. The van der Waals surface area contributed by atoms with Crippen molar-refractivity contribution in [3.05, 3.63) is 98.9 Å². The van der Waals surface area contributed by atoms with E-state index in [1.165, 1.54) is 0 Å². The molecule has 5 rings (SSSR count). The van der Waals surface area contributed by atoms with Gasteiger partial charge < -0.3 is 10.2 Å². The van der Waals surface area contributed by atoms with Gasteiger partial charge in [-0.05, 0) is 66.4 Å². The van der Waals surface area contributed by atoms with E-state index in [2.05, 4.69) is 0 Å². The molecule has 2 N–H and O–H groups in total. The summed E-state index contributed by atoms with van der Waals surface area (Å²) in [6.07, 6.45) is 1.47. The van der Waals surface area contributed by atoms with Crippen LogP contribution in [0, 0.1) is 0 Å². The van der Waals surface area contributed by atoms with Crippen LogP contribution in [-0.2, 0) is 11.0 Å². The summed E-state index contributed by atoms with van der Waals surface area (Å²) in [6.45, 7) is 3.93. The van der Waals surface area contributed by atoms with Crippen LogP contribution >= 0.6 is 11.6 Å².